The normalized spacial score (nSPS) is 11.1. The molecule has 0 unspecified atom stereocenters. The molecule has 2 nitrogen and oxygen atoms in total. The molecule has 0 saturated heterocycles. The van der Waals surface area contributed by atoms with Gasteiger partial charge in [-0.05, 0) is 42.0 Å². The molecule has 1 heterocycles. The highest BCUT2D eigenvalue weighted by molar-refractivity contribution is 5.80. The highest BCUT2D eigenvalue weighted by Crippen LogP contribution is 2.26. The summed E-state index contributed by atoms with van der Waals surface area (Å²) in [6, 6.07) is 20.6. The van der Waals surface area contributed by atoms with Gasteiger partial charge in [-0.15, -0.1) is 0 Å². The summed E-state index contributed by atoms with van der Waals surface area (Å²) in [5.41, 5.74) is 3.28. The number of benzene rings is 3. The zero-order valence-corrected chi connectivity index (χ0v) is 12.8. The predicted molar refractivity (Wildman–Crippen MR) is 90.6 cm³/mol. The van der Waals surface area contributed by atoms with Crippen molar-refractivity contribution in [2.75, 3.05) is 0 Å². The van der Waals surface area contributed by atoms with Crippen LogP contribution in [0.25, 0.3) is 22.4 Å². The van der Waals surface area contributed by atoms with Crippen LogP contribution in [-0.4, -0.2) is 9.55 Å². The van der Waals surface area contributed by atoms with E-state index >= 15 is 0 Å². The van der Waals surface area contributed by atoms with Gasteiger partial charge in [0.25, 0.3) is 0 Å². The average Bonchev–Trinajstić information content (AvgIpc) is 2.94. The number of fused-ring (bicyclic) bond motifs is 1. The fourth-order valence-corrected chi connectivity index (χ4v) is 2.90. The molecule has 3 aromatic carbocycles. The Hall–Kier alpha value is -3.01. The van der Waals surface area contributed by atoms with Crippen LogP contribution in [0.3, 0.4) is 0 Å². The summed E-state index contributed by atoms with van der Waals surface area (Å²) in [6.07, 6.45) is 0. The third kappa shape index (κ3) is 2.67. The molecule has 0 atom stereocenters. The van der Waals surface area contributed by atoms with Crippen molar-refractivity contribution in [3.63, 3.8) is 0 Å². The van der Waals surface area contributed by atoms with Gasteiger partial charge in [0.05, 0.1) is 11.0 Å². The summed E-state index contributed by atoms with van der Waals surface area (Å²) in [4.78, 5) is 4.65. The zero-order chi connectivity index (χ0) is 16.5. The number of aromatic nitrogens is 2. The summed E-state index contributed by atoms with van der Waals surface area (Å²) >= 11 is 0. The zero-order valence-electron chi connectivity index (χ0n) is 12.8. The minimum absolute atomic E-state index is 0.274. The number of halogens is 2. The second-order valence-electron chi connectivity index (χ2n) is 5.65. The minimum Gasteiger partial charge on any atom is -0.319 e. The molecule has 0 N–H and O–H groups in total. The summed E-state index contributed by atoms with van der Waals surface area (Å²) in [5.74, 6) is 0.0843. The molecule has 0 bridgehead atoms. The Labute approximate surface area is 138 Å². The number of rotatable bonds is 3. The first-order valence-electron chi connectivity index (χ1n) is 7.66. The number of hydrogen-bond donors (Lipinski definition) is 0. The van der Waals surface area contributed by atoms with Crippen LogP contribution in [0, 0.1) is 11.6 Å². The lowest BCUT2D eigenvalue weighted by Crippen LogP contribution is -2.02. The Kier molecular flexibility index (Phi) is 3.58. The van der Waals surface area contributed by atoms with E-state index in [2.05, 4.69) is 4.98 Å². The lowest BCUT2D eigenvalue weighted by atomic mass is 10.2. The minimum atomic E-state index is -0.308. The molecule has 24 heavy (non-hydrogen) atoms. The van der Waals surface area contributed by atoms with Gasteiger partial charge in [0, 0.05) is 12.1 Å². The van der Waals surface area contributed by atoms with Crippen molar-refractivity contribution in [3.05, 3.63) is 90.0 Å². The second-order valence-corrected chi connectivity index (χ2v) is 5.65. The molecule has 0 aliphatic rings. The first-order valence-corrected chi connectivity index (χ1v) is 7.66. The third-order valence-electron chi connectivity index (χ3n) is 3.97. The fourth-order valence-electron chi connectivity index (χ4n) is 2.90. The molecule has 4 aromatic rings. The monoisotopic (exact) mass is 320 g/mol. The van der Waals surface area contributed by atoms with Crippen LogP contribution < -0.4 is 0 Å². The van der Waals surface area contributed by atoms with Crippen molar-refractivity contribution < 1.29 is 8.78 Å². The highest BCUT2D eigenvalue weighted by atomic mass is 19.1. The van der Waals surface area contributed by atoms with Crippen LogP contribution in [0.2, 0.25) is 0 Å². The molecule has 4 rings (SSSR count). The fraction of sp³-hybridized carbons (Fsp3) is 0.0500. The van der Waals surface area contributed by atoms with Crippen molar-refractivity contribution in [2.45, 2.75) is 6.54 Å². The molecule has 0 radical (unpaired) electrons. The maximum atomic E-state index is 13.6. The SMILES string of the molecule is Fc1cccc(Cn2c(-c3cccc(F)c3)nc3ccccc32)c1. The lowest BCUT2D eigenvalue weighted by Gasteiger charge is -2.10. The van der Waals surface area contributed by atoms with Crippen molar-refractivity contribution in [2.24, 2.45) is 0 Å². The first kappa shape index (κ1) is 14.6. The molecule has 0 aliphatic heterocycles. The maximum Gasteiger partial charge on any atom is 0.141 e. The van der Waals surface area contributed by atoms with Crippen LogP contribution >= 0.6 is 0 Å². The van der Waals surface area contributed by atoms with E-state index in [0.29, 0.717) is 17.9 Å². The summed E-state index contributed by atoms with van der Waals surface area (Å²) in [7, 11) is 0. The predicted octanol–water partition coefficient (Wildman–Crippen LogP) is 5.03. The van der Waals surface area contributed by atoms with Crippen molar-refractivity contribution in [3.8, 4) is 11.4 Å². The van der Waals surface area contributed by atoms with Crippen molar-refractivity contribution in [1.82, 2.24) is 9.55 Å². The average molecular weight is 320 g/mol. The largest absolute Gasteiger partial charge is 0.319 e. The smallest absolute Gasteiger partial charge is 0.141 e. The van der Waals surface area contributed by atoms with Gasteiger partial charge in [-0.1, -0.05) is 36.4 Å². The molecule has 4 heteroatoms. The molecule has 0 fully saturated rings. The van der Waals surface area contributed by atoms with Crippen LogP contribution in [0.15, 0.2) is 72.8 Å². The maximum absolute atomic E-state index is 13.6. The van der Waals surface area contributed by atoms with Gasteiger partial charge in [-0.2, -0.15) is 0 Å². The highest BCUT2D eigenvalue weighted by Gasteiger charge is 2.13. The van der Waals surface area contributed by atoms with Gasteiger partial charge in [-0.25, -0.2) is 13.8 Å². The van der Waals surface area contributed by atoms with E-state index in [1.807, 2.05) is 41.0 Å². The van der Waals surface area contributed by atoms with Crippen LogP contribution in [0.1, 0.15) is 5.56 Å². The lowest BCUT2D eigenvalue weighted by molar-refractivity contribution is 0.624. The quantitative estimate of drug-likeness (QED) is 0.518. The topological polar surface area (TPSA) is 17.8 Å². The standard InChI is InChI=1S/C20H14F2N2/c21-16-7-3-5-14(11-16)13-24-19-10-2-1-9-18(19)23-20(24)15-6-4-8-17(22)12-15/h1-12H,13H2. The van der Waals surface area contributed by atoms with Gasteiger partial charge in [-0.3, -0.25) is 0 Å². The first-order chi connectivity index (χ1) is 11.7. The number of nitrogens with zero attached hydrogens (tertiary/aromatic N) is 2. The molecule has 0 aliphatic carbocycles. The Bertz CT molecular complexity index is 1020. The van der Waals surface area contributed by atoms with Crippen LogP contribution in [0.5, 0.6) is 0 Å². The molecule has 0 spiro atoms. The Morgan fingerprint density at radius 3 is 2.33 bits per heavy atom. The summed E-state index contributed by atoms with van der Waals surface area (Å²) < 4.78 is 29.1. The van der Waals surface area contributed by atoms with E-state index in [1.54, 1.807) is 12.1 Å². The summed E-state index contributed by atoms with van der Waals surface area (Å²) in [6.45, 7) is 0.462. The van der Waals surface area contributed by atoms with E-state index in [1.165, 1.54) is 24.3 Å². The second kappa shape index (κ2) is 5.89. The van der Waals surface area contributed by atoms with Crippen molar-refractivity contribution in [1.29, 1.82) is 0 Å². The number of imidazole rings is 1. The van der Waals surface area contributed by atoms with E-state index < -0.39 is 0 Å². The Morgan fingerprint density at radius 1 is 0.792 bits per heavy atom. The Balaban J connectivity index is 1.90. The molecule has 118 valence electrons. The Morgan fingerprint density at radius 2 is 1.54 bits per heavy atom. The molecule has 1 aromatic heterocycles. The summed E-state index contributed by atoms with van der Waals surface area (Å²) in [5, 5.41) is 0. The van der Waals surface area contributed by atoms with E-state index in [-0.39, 0.29) is 11.6 Å². The molecule has 0 amide bonds. The van der Waals surface area contributed by atoms with Gasteiger partial charge in [0.2, 0.25) is 0 Å². The van der Waals surface area contributed by atoms with Crippen LogP contribution in [-0.2, 0) is 6.54 Å². The van der Waals surface area contributed by atoms with Crippen LogP contribution in [0.4, 0.5) is 8.78 Å². The van der Waals surface area contributed by atoms with Gasteiger partial charge in [0.15, 0.2) is 0 Å². The van der Waals surface area contributed by atoms with Gasteiger partial charge < -0.3 is 4.57 Å². The number of hydrogen-bond acceptors (Lipinski definition) is 1. The molecule has 0 saturated carbocycles. The van der Waals surface area contributed by atoms with Gasteiger partial charge >= 0.3 is 0 Å². The molecular formula is C20H14F2N2. The third-order valence-corrected chi connectivity index (χ3v) is 3.97. The van der Waals surface area contributed by atoms with Crippen molar-refractivity contribution >= 4 is 11.0 Å². The number of para-hydroxylation sites is 2. The van der Waals surface area contributed by atoms with E-state index in [0.717, 1.165) is 16.6 Å². The van der Waals surface area contributed by atoms with E-state index in [4.69, 9.17) is 0 Å². The van der Waals surface area contributed by atoms with E-state index in [9.17, 15) is 8.78 Å². The van der Waals surface area contributed by atoms with Gasteiger partial charge in [0.1, 0.15) is 17.5 Å². The molecular weight excluding hydrogens is 306 g/mol.